The minimum absolute atomic E-state index is 0.318. The molecule has 1 atom stereocenters. The van der Waals surface area contributed by atoms with Crippen molar-refractivity contribution >= 4 is 17.5 Å². The molecule has 27 heavy (non-hydrogen) atoms. The number of hydrogen-bond donors (Lipinski definition) is 0. The summed E-state index contributed by atoms with van der Waals surface area (Å²) in [6, 6.07) is 13.3. The molecule has 0 radical (unpaired) electrons. The van der Waals surface area contributed by atoms with Crippen LogP contribution < -0.4 is 9.80 Å². The number of nitrogens with zero attached hydrogens (tertiary/aromatic N) is 2. The highest BCUT2D eigenvalue weighted by molar-refractivity contribution is 5.92. The van der Waals surface area contributed by atoms with Crippen molar-refractivity contribution in [3.63, 3.8) is 0 Å². The largest absolute Gasteiger partial charge is 0.443 e. The Hall–Kier alpha value is -2.56. The molecule has 2 heterocycles. The van der Waals surface area contributed by atoms with Gasteiger partial charge < -0.3 is 9.64 Å². The van der Waals surface area contributed by atoms with Gasteiger partial charge in [-0.05, 0) is 44.9 Å². The summed E-state index contributed by atoms with van der Waals surface area (Å²) in [6.07, 6.45) is 0.450. The molecule has 0 aliphatic carbocycles. The average molecular weight is 368 g/mol. The van der Waals surface area contributed by atoms with Crippen molar-refractivity contribution in [2.75, 3.05) is 22.9 Å². The minimum Gasteiger partial charge on any atom is -0.443 e. The molecule has 2 aliphatic heterocycles. The van der Waals surface area contributed by atoms with Crippen LogP contribution in [0.4, 0.5) is 20.6 Å². The molecule has 4 rings (SSSR count). The van der Waals surface area contributed by atoms with E-state index in [9.17, 15) is 9.18 Å². The maximum Gasteiger partial charge on any atom is 0.414 e. The van der Waals surface area contributed by atoms with Crippen molar-refractivity contribution in [3.8, 4) is 0 Å². The summed E-state index contributed by atoms with van der Waals surface area (Å²) >= 11 is 0. The van der Waals surface area contributed by atoms with Gasteiger partial charge in [-0.25, -0.2) is 9.18 Å². The third-order valence-corrected chi connectivity index (χ3v) is 5.11. The quantitative estimate of drug-likeness (QED) is 0.741. The van der Waals surface area contributed by atoms with E-state index in [0.29, 0.717) is 18.2 Å². The molecule has 142 valence electrons. The average Bonchev–Trinajstić information content (AvgIpc) is 2.93. The molecule has 0 saturated carbocycles. The second-order valence-electron chi connectivity index (χ2n) is 8.34. The van der Waals surface area contributed by atoms with Crippen molar-refractivity contribution in [2.45, 2.75) is 45.3 Å². The highest BCUT2D eigenvalue weighted by atomic mass is 19.1. The summed E-state index contributed by atoms with van der Waals surface area (Å²) in [7, 11) is 0. The molecule has 0 aromatic heterocycles. The lowest BCUT2D eigenvalue weighted by molar-refractivity contribution is 0.0577. The van der Waals surface area contributed by atoms with Crippen LogP contribution in [0.1, 0.15) is 44.2 Å². The molecule has 0 fully saturated rings. The zero-order chi connectivity index (χ0) is 19.2. The standard InChI is InChI=1S/C22H25FN2O2/c1-22(2,3)27-21(26)25-10-9-16-14-24(13-15-7-5-4-6-8-15)18-11-17(23)12-19(25)20(16)18/h4-8,11-12,16H,9-10,13-14H2,1-3H3. The van der Waals surface area contributed by atoms with Crippen molar-refractivity contribution in [3.05, 3.63) is 59.4 Å². The molecular weight excluding hydrogens is 343 g/mol. The molecule has 0 N–H and O–H groups in total. The summed E-state index contributed by atoms with van der Waals surface area (Å²) in [5.74, 6) is -0.00378. The van der Waals surface area contributed by atoms with Crippen LogP contribution in [0.3, 0.4) is 0 Å². The Morgan fingerprint density at radius 2 is 1.89 bits per heavy atom. The van der Waals surface area contributed by atoms with Gasteiger partial charge >= 0.3 is 6.09 Å². The second kappa shape index (κ2) is 6.55. The zero-order valence-electron chi connectivity index (χ0n) is 16.0. The van der Waals surface area contributed by atoms with Gasteiger partial charge in [0.05, 0.1) is 5.69 Å². The number of carbonyl (C=O) groups excluding carboxylic acids is 1. The molecule has 5 heteroatoms. The predicted molar refractivity (Wildman–Crippen MR) is 105 cm³/mol. The lowest BCUT2D eigenvalue weighted by Gasteiger charge is -2.33. The first-order valence-electron chi connectivity index (χ1n) is 9.44. The molecule has 0 spiro atoms. The number of anilines is 2. The summed E-state index contributed by atoms with van der Waals surface area (Å²) < 4.78 is 20.0. The van der Waals surface area contributed by atoms with E-state index < -0.39 is 11.7 Å². The van der Waals surface area contributed by atoms with E-state index in [2.05, 4.69) is 17.0 Å². The lowest BCUT2D eigenvalue weighted by Crippen LogP contribution is -2.40. The van der Waals surface area contributed by atoms with Crippen LogP contribution in [0, 0.1) is 5.82 Å². The van der Waals surface area contributed by atoms with Gasteiger partial charge in [0.2, 0.25) is 0 Å². The Labute approximate surface area is 159 Å². The van der Waals surface area contributed by atoms with Crippen molar-refractivity contribution < 1.29 is 13.9 Å². The fraction of sp³-hybridized carbons (Fsp3) is 0.409. The molecule has 4 nitrogen and oxygen atoms in total. The van der Waals surface area contributed by atoms with Crippen LogP contribution in [0.25, 0.3) is 0 Å². The normalized spacial score (nSPS) is 18.4. The first kappa shape index (κ1) is 17.8. The number of ether oxygens (including phenoxy) is 1. The summed E-state index contributed by atoms with van der Waals surface area (Å²) in [5.41, 5.74) is 3.24. The van der Waals surface area contributed by atoms with Gasteiger partial charge in [0.15, 0.2) is 0 Å². The van der Waals surface area contributed by atoms with Crippen molar-refractivity contribution in [2.24, 2.45) is 0 Å². The van der Waals surface area contributed by atoms with E-state index in [0.717, 1.165) is 30.8 Å². The van der Waals surface area contributed by atoms with Gasteiger partial charge in [0, 0.05) is 36.8 Å². The number of rotatable bonds is 2. The van der Waals surface area contributed by atoms with E-state index in [1.54, 1.807) is 11.0 Å². The topological polar surface area (TPSA) is 32.8 Å². The fourth-order valence-corrected chi connectivity index (χ4v) is 4.05. The second-order valence-corrected chi connectivity index (χ2v) is 8.34. The molecule has 1 amide bonds. The van der Waals surface area contributed by atoms with Crippen LogP contribution in [-0.2, 0) is 11.3 Å². The Morgan fingerprint density at radius 3 is 2.59 bits per heavy atom. The molecule has 2 aromatic rings. The molecule has 1 unspecified atom stereocenters. The number of carbonyl (C=O) groups is 1. The Kier molecular flexibility index (Phi) is 4.33. The third-order valence-electron chi connectivity index (χ3n) is 5.11. The van der Waals surface area contributed by atoms with Crippen LogP contribution in [0.5, 0.6) is 0 Å². The number of amides is 1. The van der Waals surface area contributed by atoms with E-state index in [1.807, 2.05) is 39.0 Å². The van der Waals surface area contributed by atoms with Crippen molar-refractivity contribution in [1.82, 2.24) is 0 Å². The van der Waals surface area contributed by atoms with Gasteiger partial charge in [0.25, 0.3) is 0 Å². The van der Waals surface area contributed by atoms with Gasteiger partial charge in [-0.15, -0.1) is 0 Å². The third kappa shape index (κ3) is 3.51. The molecule has 0 bridgehead atoms. The van der Waals surface area contributed by atoms with E-state index in [1.165, 1.54) is 11.6 Å². The SMILES string of the molecule is CC(C)(C)OC(=O)N1CCC2CN(Cc3ccccc3)c3cc(F)cc1c32. The Balaban J connectivity index is 1.68. The Bertz CT molecular complexity index is 861. The van der Waals surface area contributed by atoms with Gasteiger partial charge in [-0.2, -0.15) is 0 Å². The first-order valence-corrected chi connectivity index (χ1v) is 9.44. The molecule has 2 aliphatic rings. The predicted octanol–water partition coefficient (Wildman–Crippen LogP) is 5.07. The highest BCUT2D eigenvalue weighted by Crippen LogP contribution is 2.48. The molecule has 2 aromatic carbocycles. The van der Waals surface area contributed by atoms with Crippen molar-refractivity contribution in [1.29, 1.82) is 0 Å². The van der Waals surface area contributed by atoms with E-state index in [-0.39, 0.29) is 5.82 Å². The zero-order valence-corrected chi connectivity index (χ0v) is 16.0. The van der Waals surface area contributed by atoms with Gasteiger partial charge in [-0.1, -0.05) is 30.3 Å². The number of benzene rings is 2. The lowest BCUT2D eigenvalue weighted by atomic mass is 9.92. The monoisotopic (exact) mass is 368 g/mol. The van der Waals surface area contributed by atoms with Crippen LogP contribution in [-0.4, -0.2) is 24.8 Å². The van der Waals surface area contributed by atoms with Gasteiger partial charge in [-0.3, -0.25) is 4.90 Å². The van der Waals surface area contributed by atoms with Crippen LogP contribution >= 0.6 is 0 Å². The highest BCUT2D eigenvalue weighted by Gasteiger charge is 2.39. The summed E-state index contributed by atoms with van der Waals surface area (Å²) in [5, 5.41) is 0. The first-order chi connectivity index (χ1) is 12.8. The van der Waals surface area contributed by atoms with Crippen LogP contribution in [0.2, 0.25) is 0 Å². The number of halogens is 1. The minimum atomic E-state index is -0.580. The summed E-state index contributed by atoms with van der Waals surface area (Å²) in [6.45, 7) is 7.66. The molecular formula is C22H25FN2O2. The van der Waals surface area contributed by atoms with Gasteiger partial charge in [0.1, 0.15) is 11.4 Å². The number of hydrogen-bond acceptors (Lipinski definition) is 3. The maximum atomic E-state index is 14.4. The van der Waals surface area contributed by atoms with E-state index >= 15 is 0 Å². The maximum absolute atomic E-state index is 14.4. The fourth-order valence-electron chi connectivity index (χ4n) is 4.05. The summed E-state index contributed by atoms with van der Waals surface area (Å²) in [4.78, 5) is 16.5. The van der Waals surface area contributed by atoms with E-state index in [4.69, 9.17) is 4.74 Å². The molecule has 0 saturated heterocycles. The smallest absolute Gasteiger partial charge is 0.414 e. The Morgan fingerprint density at radius 1 is 1.19 bits per heavy atom. The van der Waals surface area contributed by atoms with Crippen LogP contribution in [0.15, 0.2) is 42.5 Å².